The highest BCUT2D eigenvalue weighted by Gasteiger charge is 2.25. The van der Waals surface area contributed by atoms with E-state index in [-0.39, 0.29) is 41.5 Å². The van der Waals surface area contributed by atoms with E-state index in [1.54, 1.807) is 42.6 Å². The summed E-state index contributed by atoms with van der Waals surface area (Å²) in [4.78, 5) is 37.1. The number of carboxylic acids is 1. The molecule has 0 aliphatic heterocycles. The minimum absolute atomic E-state index is 0.0158. The number of methoxy groups -OCH3 is 1. The number of thioether (sulfide) groups is 2. The quantitative estimate of drug-likeness (QED) is 0.0491. The summed E-state index contributed by atoms with van der Waals surface area (Å²) in [5, 5.41) is 30.2. The molecular weight excluding hydrogens is 637 g/mol. The SMILES string of the molecule is CCCc1c(OCCCSc2ccc(C(Sc3ccc(C(O)C(C)CC(=O)O)cc3)C(C)CC(=O)OC)cc2)ccc(C(C)=O)c1O. The first-order chi connectivity index (χ1) is 22.4. The molecule has 0 amide bonds. The van der Waals surface area contributed by atoms with Crippen molar-refractivity contribution in [3.05, 3.63) is 82.9 Å². The van der Waals surface area contributed by atoms with E-state index in [2.05, 4.69) is 24.3 Å². The maximum absolute atomic E-state index is 12.2. The van der Waals surface area contributed by atoms with Crippen LogP contribution in [-0.2, 0) is 20.7 Å². The molecule has 0 bridgehead atoms. The topological polar surface area (TPSA) is 130 Å². The van der Waals surface area contributed by atoms with Crippen molar-refractivity contribution in [1.29, 1.82) is 0 Å². The molecule has 47 heavy (non-hydrogen) atoms. The molecule has 10 heteroatoms. The molecule has 254 valence electrons. The monoisotopic (exact) mass is 682 g/mol. The Morgan fingerprint density at radius 3 is 2.11 bits per heavy atom. The van der Waals surface area contributed by atoms with E-state index in [0.717, 1.165) is 33.9 Å². The van der Waals surface area contributed by atoms with Gasteiger partial charge in [0, 0.05) is 32.8 Å². The molecule has 0 saturated carbocycles. The van der Waals surface area contributed by atoms with Crippen LogP contribution in [0.5, 0.6) is 11.5 Å². The fraction of sp³-hybridized carbons (Fsp3) is 0.432. The lowest BCUT2D eigenvalue weighted by atomic mass is 9.95. The Balaban J connectivity index is 1.63. The van der Waals surface area contributed by atoms with Gasteiger partial charge in [-0.15, -0.1) is 23.5 Å². The third-order valence-electron chi connectivity index (χ3n) is 7.90. The van der Waals surface area contributed by atoms with Gasteiger partial charge in [0.05, 0.1) is 31.8 Å². The van der Waals surface area contributed by atoms with Crippen molar-refractivity contribution in [2.75, 3.05) is 19.5 Å². The molecule has 0 aromatic heterocycles. The first-order valence-electron chi connectivity index (χ1n) is 15.9. The molecule has 0 aliphatic carbocycles. The van der Waals surface area contributed by atoms with Gasteiger partial charge in [0.15, 0.2) is 5.78 Å². The van der Waals surface area contributed by atoms with Crippen LogP contribution >= 0.6 is 23.5 Å². The number of esters is 1. The molecule has 0 radical (unpaired) electrons. The molecule has 0 aliphatic rings. The average Bonchev–Trinajstić information content (AvgIpc) is 3.04. The molecule has 0 heterocycles. The molecule has 3 N–H and O–H groups in total. The number of phenolic OH excluding ortho intramolecular Hbond substituents is 1. The molecule has 0 fully saturated rings. The summed E-state index contributed by atoms with van der Waals surface area (Å²) in [6.07, 6.45) is 1.52. The fourth-order valence-electron chi connectivity index (χ4n) is 5.29. The number of ether oxygens (including phenoxy) is 2. The number of aliphatic carboxylic acids is 1. The van der Waals surface area contributed by atoms with E-state index < -0.39 is 18.0 Å². The van der Waals surface area contributed by atoms with Crippen LogP contribution in [0.3, 0.4) is 0 Å². The Morgan fingerprint density at radius 2 is 1.51 bits per heavy atom. The Kier molecular flexibility index (Phi) is 15.2. The largest absolute Gasteiger partial charge is 0.507 e. The van der Waals surface area contributed by atoms with Crippen molar-refractivity contribution < 1.29 is 39.2 Å². The molecular formula is C37H46O8S2. The number of carbonyl (C=O) groups is 3. The number of hydrogen-bond acceptors (Lipinski definition) is 9. The highest BCUT2D eigenvalue weighted by molar-refractivity contribution is 7.99. The van der Waals surface area contributed by atoms with Crippen molar-refractivity contribution in [1.82, 2.24) is 0 Å². The number of aromatic hydroxyl groups is 1. The van der Waals surface area contributed by atoms with Gasteiger partial charge in [-0.2, -0.15) is 0 Å². The summed E-state index contributed by atoms with van der Waals surface area (Å²) in [7, 11) is 1.39. The number of carbonyl (C=O) groups excluding carboxylic acids is 2. The van der Waals surface area contributed by atoms with Gasteiger partial charge in [0.1, 0.15) is 11.5 Å². The van der Waals surface area contributed by atoms with Crippen LogP contribution < -0.4 is 4.74 Å². The van der Waals surface area contributed by atoms with E-state index in [0.29, 0.717) is 35.5 Å². The smallest absolute Gasteiger partial charge is 0.305 e. The van der Waals surface area contributed by atoms with Crippen LogP contribution in [-0.4, -0.2) is 52.5 Å². The number of benzene rings is 3. The summed E-state index contributed by atoms with van der Waals surface area (Å²) >= 11 is 3.36. The number of rotatable bonds is 19. The third kappa shape index (κ3) is 11.3. The summed E-state index contributed by atoms with van der Waals surface area (Å²) < 4.78 is 10.9. The van der Waals surface area contributed by atoms with Gasteiger partial charge in [-0.25, -0.2) is 0 Å². The van der Waals surface area contributed by atoms with Gasteiger partial charge in [-0.05, 0) is 79.1 Å². The zero-order valence-electron chi connectivity index (χ0n) is 27.7. The van der Waals surface area contributed by atoms with Crippen molar-refractivity contribution >= 4 is 41.2 Å². The summed E-state index contributed by atoms with van der Waals surface area (Å²) in [6, 6.07) is 19.2. The highest BCUT2D eigenvalue weighted by Crippen LogP contribution is 2.43. The number of aliphatic hydroxyl groups excluding tert-OH is 1. The third-order valence-corrected chi connectivity index (χ3v) is 10.5. The number of aliphatic hydroxyl groups is 1. The van der Waals surface area contributed by atoms with Gasteiger partial charge >= 0.3 is 11.9 Å². The molecule has 3 aromatic rings. The molecule has 3 rings (SSSR count). The molecule has 3 aromatic carbocycles. The standard InChI is InChI=1S/C37H46O8S2/c1-6-8-31-32(18-17-30(25(4)38)36(31)43)45-19-7-20-46-28-13-11-27(12-14-28)37(24(3)22-34(41)44-5)47-29-15-9-26(10-16-29)35(42)23(2)21-33(39)40/h9-18,23-24,35,37,42-43H,6-8,19-22H2,1-5H3,(H,39,40). The lowest BCUT2D eigenvalue weighted by Gasteiger charge is -2.24. The van der Waals surface area contributed by atoms with Crippen molar-refractivity contribution in [2.24, 2.45) is 11.8 Å². The Hall–Kier alpha value is -3.47. The Bertz CT molecular complexity index is 1470. The Morgan fingerprint density at radius 1 is 0.872 bits per heavy atom. The first-order valence-corrected chi connectivity index (χ1v) is 17.8. The van der Waals surface area contributed by atoms with Crippen LogP contribution in [0.15, 0.2) is 70.5 Å². The summed E-state index contributed by atoms with van der Waals surface area (Å²) in [6.45, 7) is 7.69. The van der Waals surface area contributed by atoms with Gasteiger partial charge in [0.25, 0.3) is 0 Å². The van der Waals surface area contributed by atoms with Gasteiger partial charge in [-0.1, -0.05) is 51.5 Å². The van der Waals surface area contributed by atoms with E-state index in [1.165, 1.54) is 14.0 Å². The van der Waals surface area contributed by atoms with Crippen molar-refractivity contribution in [3.63, 3.8) is 0 Å². The van der Waals surface area contributed by atoms with Crippen LogP contribution in [0.4, 0.5) is 0 Å². The van der Waals surface area contributed by atoms with Crippen LogP contribution in [0.2, 0.25) is 0 Å². The van der Waals surface area contributed by atoms with E-state index in [9.17, 15) is 24.6 Å². The molecule has 4 atom stereocenters. The molecule has 0 saturated heterocycles. The highest BCUT2D eigenvalue weighted by atomic mass is 32.2. The van der Waals surface area contributed by atoms with Gasteiger partial charge in [0.2, 0.25) is 0 Å². The van der Waals surface area contributed by atoms with Crippen LogP contribution in [0.1, 0.15) is 91.8 Å². The molecule has 8 nitrogen and oxygen atoms in total. The van der Waals surface area contributed by atoms with Crippen molar-refractivity contribution in [2.45, 2.75) is 80.9 Å². The number of phenols is 1. The average molecular weight is 683 g/mol. The van der Waals surface area contributed by atoms with E-state index in [1.807, 2.05) is 38.1 Å². The van der Waals surface area contributed by atoms with Gasteiger partial charge in [-0.3, -0.25) is 14.4 Å². The summed E-state index contributed by atoms with van der Waals surface area (Å²) in [5.41, 5.74) is 2.74. The lowest BCUT2D eigenvalue weighted by molar-refractivity contribution is -0.141. The minimum atomic E-state index is -0.943. The van der Waals surface area contributed by atoms with Crippen LogP contribution in [0.25, 0.3) is 0 Å². The normalized spacial score (nSPS) is 13.7. The second-order valence-electron chi connectivity index (χ2n) is 11.7. The number of carboxylic acid groups (broad SMARTS) is 1. The number of Topliss-reactive ketones (excluding diaryl/α,β-unsaturated/α-hetero) is 1. The van der Waals surface area contributed by atoms with Crippen LogP contribution in [0, 0.1) is 11.8 Å². The van der Waals surface area contributed by atoms with E-state index in [4.69, 9.17) is 14.6 Å². The molecule has 0 spiro atoms. The van der Waals surface area contributed by atoms with Gasteiger partial charge < -0.3 is 24.8 Å². The lowest BCUT2D eigenvalue weighted by Crippen LogP contribution is -2.14. The summed E-state index contributed by atoms with van der Waals surface area (Å²) in [5.74, 6) is -0.356. The zero-order chi connectivity index (χ0) is 34.5. The molecule has 4 unspecified atom stereocenters. The second kappa shape index (κ2) is 18.8. The number of ketones is 1. The maximum Gasteiger partial charge on any atom is 0.305 e. The Labute approximate surface area is 286 Å². The minimum Gasteiger partial charge on any atom is -0.507 e. The van der Waals surface area contributed by atoms with Crippen molar-refractivity contribution in [3.8, 4) is 11.5 Å². The fourth-order valence-corrected chi connectivity index (χ4v) is 7.32. The maximum atomic E-state index is 12.2. The predicted octanol–water partition coefficient (Wildman–Crippen LogP) is 8.29. The predicted molar refractivity (Wildman–Crippen MR) is 187 cm³/mol. The first kappa shape index (κ1) is 38.0. The zero-order valence-corrected chi connectivity index (χ0v) is 29.4. The second-order valence-corrected chi connectivity index (χ2v) is 14.1. The number of hydrogen-bond donors (Lipinski definition) is 3. The van der Waals surface area contributed by atoms with E-state index >= 15 is 0 Å².